The van der Waals surface area contributed by atoms with Crippen LogP contribution < -0.4 is 15.4 Å². The number of hydrogen-bond acceptors (Lipinski definition) is 3. The fraction of sp³-hybridized carbons (Fsp3) is 0.350. The maximum Gasteiger partial charge on any atom is 0.315 e. The molecule has 2 aromatic rings. The second-order valence-corrected chi connectivity index (χ2v) is 6.92. The summed E-state index contributed by atoms with van der Waals surface area (Å²) in [5.41, 5.74) is 1.48. The van der Waals surface area contributed by atoms with Crippen molar-refractivity contribution in [2.45, 2.75) is 38.0 Å². The number of para-hydroxylation sites is 1. The minimum atomic E-state index is -0.440. The third-order valence-electron chi connectivity index (χ3n) is 4.37. The molecule has 3 rings (SSSR count). The monoisotopic (exact) mass is 340 g/mol. The first kappa shape index (κ1) is 17.3. The lowest BCUT2D eigenvalue weighted by Gasteiger charge is -2.38. The van der Waals surface area contributed by atoms with E-state index in [9.17, 15) is 9.90 Å². The zero-order valence-electron chi connectivity index (χ0n) is 14.5. The summed E-state index contributed by atoms with van der Waals surface area (Å²) in [7, 11) is 0. The average molecular weight is 340 g/mol. The molecule has 2 atom stereocenters. The van der Waals surface area contributed by atoms with Gasteiger partial charge in [0.2, 0.25) is 0 Å². The number of benzene rings is 2. The Morgan fingerprint density at radius 3 is 2.60 bits per heavy atom. The van der Waals surface area contributed by atoms with E-state index in [1.807, 2.05) is 68.4 Å². The van der Waals surface area contributed by atoms with Crippen molar-refractivity contribution in [2.75, 3.05) is 6.61 Å². The molecule has 25 heavy (non-hydrogen) atoms. The molecule has 0 saturated heterocycles. The van der Waals surface area contributed by atoms with Crippen LogP contribution in [0.3, 0.4) is 0 Å². The van der Waals surface area contributed by atoms with E-state index in [0.717, 1.165) is 16.9 Å². The third kappa shape index (κ3) is 4.12. The molecule has 1 aliphatic heterocycles. The molecule has 2 amide bonds. The Kier molecular flexibility index (Phi) is 4.95. The summed E-state index contributed by atoms with van der Waals surface area (Å²) in [5, 5.41) is 15.5. The molecule has 0 radical (unpaired) electrons. The van der Waals surface area contributed by atoms with Crippen LogP contribution in [0.25, 0.3) is 0 Å². The second-order valence-electron chi connectivity index (χ2n) is 6.92. The first-order chi connectivity index (χ1) is 12.0. The van der Waals surface area contributed by atoms with E-state index in [1.54, 1.807) is 0 Å². The Balaban J connectivity index is 1.72. The molecule has 5 heteroatoms. The molecule has 0 fully saturated rings. The summed E-state index contributed by atoms with van der Waals surface area (Å²) >= 11 is 0. The Labute approximate surface area is 148 Å². The van der Waals surface area contributed by atoms with Crippen LogP contribution in [0.1, 0.15) is 43.5 Å². The van der Waals surface area contributed by atoms with Crippen molar-refractivity contribution >= 4 is 6.03 Å². The van der Waals surface area contributed by atoms with Crippen molar-refractivity contribution in [3.8, 4) is 5.75 Å². The van der Waals surface area contributed by atoms with E-state index in [-0.39, 0.29) is 24.3 Å². The number of nitrogens with one attached hydrogen (secondary N) is 2. The van der Waals surface area contributed by atoms with Crippen molar-refractivity contribution < 1.29 is 14.6 Å². The molecular weight excluding hydrogens is 316 g/mol. The highest BCUT2D eigenvalue weighted by Crippen LogP contribution is 2.39. The molecule has 1 heterocycles. The number of rotatable bonds is 4. The van der Waals surface area contributed by atoms with Gasteiger partial charge in [-0.25, -0.2) is 4.79 Å². The maximum atomic E-state index is 12.5. The van der Waals surface area contributed by atoms with Crippen LogP contribution in [-0.4, -0.2) is 23.3 Å². The van der Waals surface area contributed by atoms with Crippen LogP contribution in [0.4, 0.5) is 4.79 Å². The predicted octanol–water partition coefficient (Wildman–Crippen LogP) is 3.32. The molecule has 1 aliphatic rings. The second kappa shape index (κ2) is 7.15. The standard InChI is InChI=1S/C20H24N2O3/c1-20(2)12-16(15-10-6-7-11-18(15)25-20)21-19(24)22-17(13-23)14-8-4-3-5-9-14/h3-11,16-17,23H,12-13H2,1-2H3,(H2,21,22,24). The van der Waals surface area contributed by atoms with E-state index >= 15 is 0 Å². The van der Waals surface area contributed by atoms with Gasteiger partial charge in [-0.15, -0.1) is 0 Å². The van der Waals surface area contributed by atoms with Crippen molar-refractivity contribution in [2.24, 2.45) is 0 Å². The molecule has 0 saturated carbocycles. The van der Waals surface area contributed by atoms with Crippen molar-refractivity contribution in [3.63, 3.8) is 0 Å². The lowest BCUT2D eigenvalue weighted by Crippen LogP contribution is -2.45. The molecule has 0 bridgehead atoms. The summed E-state index contributed by atoms with van der Waals surface area (Å²) in [5.74, 6) is 0.797. The molecule has 2 unspecified atom stereocenters. The van der Waals surface area contributed by atoms with Gasteiger partial charge in [0.25, 0.3) is 0 Å². The van der Waals surface area contributed by atoms with E-state index in [0.29, 0.717) is 6.42 Å². The highest BCUT2D eigenvalue weighted by Gasteiger charge is 2.34. The minimum absolute atomic E-state index is 0.143. The molecule has 2 aromatic carbocycles. The van der Waals surface area contributed by atoms with Crippen LogP contribution in [-0.2, 0) is 0 Å². The summed E-state index contributed by atoms with van der Waals surface area (Å²) in [6.07, 6.45) is 0.673. The summed E-state index contributed by atoms with van der Waals surface area (Å²) in [4.78, 5) is 12.5. The van der Waals surface area contributed by atoms with Crippen LogP contribution in [0, 0.1) is 0 Å². The maximum absolute atomic E-state index is 12.5. The predicted molar refractivity (Wildman–Crippen MR) is 96.4 cm³/mol. The molecule has 5 nitrogen and oxygen atoms in total. The summed E-state index contributed by atoms with van der Waals surface area (Å²) < 4.78 is 5.99. The van der Waals surface area contributed by atoms with Gasteiger partial charge in [-0.3, -0.25) is 0 Å². The van der Waals surface area contributed by atoms with Gasteiger partial charge in [-0.05, 0) is 25.5 Å². The minimum Gasteiger partial charge on any atom is -0.487 e. The molecule has 0 aliphatic carbocycles. The van der Waals surface area contributed by atoms with Gasteiger partial charge < -0.3 is 20.5 Å². The Bertz CT molecular complexity index is 731. The summed E-state index contributed by atoms with van der Waals surface area (Å²) in [6.45, 7) is 3.86. The van der Waals surface area contributed by atoms with Gasteiger partial charge in [0, 0.05) is 12.0 Å². The van der Waals surface area contributed by atoms with Gasteiger partial charge in [-0.1, -0.05) is 48.5 Å². The first-order valence-corrected chi connectivity index (χ1v) is 8.49. The highest BCUT2D eigenvalue weighted by molar-refractivity contribution is 5.75. The van der Waals surface area contributed by atoms with Crippen LogP contribution in [0.15, 0.2) is 54.6 Å². The van der Waals surface area contributed by atoms with E-state index < -0.39 is 6.04 Å². The van der Waals surface area contributed by atoms with Crippen molar-refractivity contribution in [1.82, 2.24) is 10.6 Å². The zero-order valence-corrected chi connectivity index (χ0v) is 14.5. The number of carbonyl (C=O) groups is 1. The number of urea groups is 1. The van der Waals surface area contributed by atoms with Crippen LogP contribution in [0.2, 0.25) is 0 Å². The van der Waals surface area contributed by atoms with E-state index in [1.165, 1.54) is 0 Å². The Morgan fingerprint density at radius 1 is 1.20 bits per heavy atom. The fourth-order valence-corrected chi connectivity index (χ4v) is 3.21. The lowest BCUT2D eigenvalue weighted by atomic mass is 9.90. The van der Waals surface area contributed by atoms with Gasteiger partial charge in [0.1, 0.15) is 11.4 Å². The zero-order chi connectivity index (χ0) is 17.9. The third-order valence-corrected chi connectivity index (χ3v) is 4.37. The quantitative estimate of drug-likeness (QED) is 0.799. The number of amides is 2. The number of carbonyl (C=O) groups excluding carboxylic acids is 1. The molecule has 0 aromatic heterocycles. The molecule has 3 N–H and O–H groups in total. The molecule has 0 spiro atoms. The lowest BCUT2D eigenvalue weighted by molar-refractivity contribution is 0.0677. The van der Waals surface area contributed by atoms with Gasteiger partial charge in [0.15, 0.2) is 0 Å². The number of fused-ring (bicyclic) bond motifs is 1. The Hall–Kier alpha value is -2.53. The number of ether oxygens (including phenoxy) is 1. The fourth-order valence-electron chi connectivity index (χ4n) is 3.21. The van der Waals surface area contributed by atoms with Crippen molar-refractivity contribution in [3.05, 3.63) is 65.7 Å². The topological polar surface area (TPSA) is 70.6 Å². The van der Waals surface area contributed by atoms with Crippen molar-refractivity contribution in [1.29, 1.82) is 0 Å². The SMILES string of the molecule is CC1(C)CC(NC(=O)NC(CO)c2ccccc2)c2ccccc2O1. The number of hydrogen-bond donors (Lipinski definition) is 3. The normalized spacial score (nSPS) is 19.2. The summed E-state index contributed by atoms with van der Waals surface area (Å²) in [6, 6.07) is 16.3. The largest absolute Gasteiger partial charge is 0.487 e. The van der Waals surface area contributed by atoms with Gasteiger partial charge in [-0.2, -0.15) is 0 Å². The van der Waals surface area contributed by atoms with Crippen LogP contribution in [0.5, 0.6) is 5.75 Å². The highest BCUT2D eigenvalue weighted by atomic mass is 16.5. The average Bonchev–Trinajstić information content (AvgIpc) is 2.59. The number of aliphatic hydroxyl groups excluding tert-OH is 1. The molecule has 132 valence electrons. The molecular formula is C20H24N2O3. The number of aliphatic hydroxyl groups is 1. The van der Waals surface area contributed by atoms with E-state index in [4.69, 9.17) is 4.74 Å². The van der Waals surface area contributed by atoms with Crippen LogP contribution >= 0.6 is 0 Å². The Morgan fingerprint density at radius 2 is 1.88 bits per heavy atom. The van der Waals surface area contributed by atoms with E-state index in [2.05, 4.69) is 10.6 Å². The van der Waals surface area contributed by atoms with Gasteiger partial charge >= 0.3 is 6.03 Å². The van der Waals surface area contributed by atoms with Gasteiger partial charge in [0.05, 0.1) is 18.7 Å². The smallest absolute Gasteiger partial charge is 0.315 e. The first-order valence-electron chi connectivity index (χ1n) is 8.49.